The monoisotopic (exact) mass is 313 g/mol. The number of benzene rings is 1. The Bertz CT molecular complexity index is 645. The molecule has 0 aromatic heterocycles. The first-order valence-corrected chi connectivity index (χ1v) is 8.15. The molecule has 2 rings (SSSR count). The van der Waals surface area contributed by atoms with Crippen LogP contribution in [0.1, 0.15) is 19.3 Å². The highest BCUT2D eigenvalue weighted by Gasteiger charge is 2.30. The van der Waals surface area contributed by atoms with Crippen molar-refractivity contribution < 1.29 is 17.9 Å². The molecule has 1 aliphatic rings. The minimum absolute atomic E-state index is 0.0886. The fraction of sp³-hybridized carbons (Fsp3) is 0.462. The third-order valence-corrected chi connectivity index (χ3v) is 4.57. The molecule has 116 valence electrons. The first-order chi connectivity index (χ1) is 9.82. The molecule has 0 bridgehead atoms. The summed E-state index contributed by atoms with van der Waals surface area (Å²) in [5.74, 6) is -0.139. The van der Waals surface area contributed by atoms with Gasteiger partial charge in [0.25, 0.3) is 0 Å². The van der Waals surface area contributed by atoms with Crippen LogP contribution in [0.2, 0.25) is 0 Å². The average molecular weight is 313 g/mol. The molecule has 8 heteroatoms. The second kappa shape index (κ2) is 6.00. The standard InChI is InChI=1S/C13H19N3O4S/c1-20-12-6-5-8(21(15,18)19)7-11(12)16-13(17)9-3-2-4-10(9)14/h5-7,9-10H,2-4,14H2,1H3,(H,16,17)(H2,15,18,19). The summed E-state index contributed by atoms with van der Waals surface area (Å²) >= 11 is 0. The van der Waals surface area contributed by atoms with Crippen molar-refractivity contribution in [2.24, 2.45) is 16.8 Å². The van der Waals surface area contributed by atoms with Gasteiger partial charge in [-0.05, 0) is 31.0 Å². The summed E-state index contributed by atoms with van der Waals surface area (Å²) in [4.78, 5) is 12.1. The SMILES string of the molecule is COc1ccc(S(N)(=O)=O)cc1NC(=O)C1CCCC1N. The number of ether oxygens (including phenoxy) is 1. The number of sulfonamides is 1. The predicted octanol–water partition coefficient (Wildman–Crippen LogP) is 0.409. The Labute approximate surface area is 123 Å². The second-order valence-electron chi connectivity index (χ2n) is 5.10. The van der Waals surface area contributed by atoms with Crippen LogP contribution < -0.4 is 20.9 Å². The molecule has 0 radical (unpaired) electrons. The van der Waals surface area contributed by atoms with Gasteiger partial charge in [-0.2, -0.15) is 0 Å². The number of amides is 1. The van der Waals surface area contributed by atoms with Gasteiger partial charge in [-0.1, -0.05) is 6.42 Å². The van der Waals surface area contributed by atoms with E-state index in [2.05, 4.69) is 5.32 Å². The molecule has 0 spiro atoms. The van der Waals surface area contributed by atoms with Crippen molar-refractivity contribution in [2.75, 3.05) is 12.4 Å². The lowest BCUT2D eigenvalue weighted by Crippen LogP contribution is -2.34. The third-order valence-electron chi connectivity index (χ3n) is 3.66. The molecule has 1 amide bonds. The van der Waals surface area contributed by atoms with Crippen LogP contribution >= 0.6 is 0 Å². The van der Waals surface area contributed by atoms with Gasteiger partial charge in [0.05, 0.1) is 23.6 Å². The summed E-state index contributed by atoms with van der Waals surface area (Å²) in [7, 11) is -2.41. The molecule has 0 heterocycles. The quantitative estimate of drug-likeness (QED) is 0.742. The van der Waals surface area contributed by atoms with E-state index in [-0.39, 0.29) is 28.4 Å². The first kappa shape index (κ1) is 15.7. The molecule has 1 aliphatic carbocycles. The van der Waals surface area contributed by atoms with E-state index < -0.39 is 10.0 Å². The number of anilines is 1. The van der Waals surface area contributed by atoms with Crippen molar-refractivity contribution in [2.45, 2.75) is 30.2 Å². The van der Waals surface area contributed by atoms with Crippen LogP contribution in [0, 0.1) is 5.92 Å². The maximum Gasteiger partial charge on any atom is 0.238 e. The molecular weight excluding hydrogens is 294 g/mol. The van der Waals surface area contributed by atoms with E-state index in [9.17, 15) is 13.2 Å². The molecule has 0 saturated heterocycles. The maximum atomic E-state index is 12.2. The molecule has 1 aromatic rings. The Balaban J connectivity index is 2.27. The number of primary sulfonamides is 1. The van der Waals surface area contributed by atoms with Gasteiger partial charge in [0.2, 0.25) is 15.9 Å². The van der Waals surface area contributed by atoms with E-state index in [4.69, 9.17) is 15.6 Å². The summed E-state index contributed by atoms with van der Waals surface area (Å²) in [5, 5.41) is 7.77. The Morgan fingerprint density at radius 2 is 2.10 bits per heavy atom. The van der Waals surface area contributed by atoms with Crippen molar-refractivity contribution in [1.82, 2.24) is 0 Å². The zero-order valence-corrected chi connectivity index (χ0v) is 12.5. The second-order valence-corrected chi connectivity index (χ2v) is 6.66. The van der Waals surface area contributed by atoms with Crippen molar-refractivity contribution in [3.8, 4) is 5.75 Å². The van der Waals surface area contributed by atoms with E-state index in [0.29, 0.717) is 5.75 Å². The Hall–Kier alpha value is -1.64. The van der Waals surface area contributed by atoms with Crippen molar-refractivity contribution in [1.29, 1.82) is 0 Å². The highest BCUT2D eigenvalue weighted by atomic mass is 32.2. The van der Waals surface area contributed by atoms with Crippen LogP contribution in [0.3, 0.4) is 0 Å². The Morgan fingerprint density at radius 3 is 2.62 bits per heavy atom. The van der Waals surface area contributed by atoms with Crippen LogP contribution in [-0.2, 0) is 14.8 Å². The van der Waals surface area contributed by atoms with Crippen molar-refractivity contribution >= 4 is 21.6 Å². The molecule has 2 unspecified atom stereocenters. The highest BCUT2D eigenvalue weighted by Crippen LogP contribution is 2.30. The smallest absolute Gasteiger partial charge is 0.238 e. The first-order valence-electron chi connectivity index (χ1n) is 6.60. The minimum atomic E-state index is -3.85. The number of rotatable bonds is 4. The lowest BCUT2D eigenvalue weighted by Gasteiger charge is -2.17. The van der Waals surface area contributed by atoms with Crippen LogP contribution in [0.5, 0.6) is 5.75 Å². The van der Waals surface area contributed by atoms with Gasteiger partial charge in [-0.3, -0.25) is 4.79 Å². The number of methoxy groups -OCH3 is 1. The molecule has 2 atom stereocenters. The minimum Gasteiger partial charge on any atom is -0.495 e. The van der Waals surface area contributed by atoms with Crippen LogP contribution in [0.25, 0.3) is 0 Å². The fourth-order valence-electron chi connectivity index (χ4n) is 2.50. The topological polar surface area (TPSA) is 125 Å². The summed E-state index contributed by atoms with van der Waals surface area (Å²) < 4.78 is 27.9. The molecule has 5 N–H and O–H groups in total. The van der Waals surface area contributed by atoms with Gasteiger partial charge in [0.15, 0.2) is 0 Å². The van der Waals surface area contributed by atoms with E-state index in [0.717, 1.165) is 19.3 Å². The summed E-state index contributed by atoms with van der Waals surface area (Å²) in [5.41, 5.74) is 6.17. The molecule has 21 heavy (non-hydrogen) atoms. The lowest BCUT2D eigenvalue weighted by molar-refractivity contribution is -0.120. The number of carbonyl (C=O) groups excluding carboxylic acids is 1. The number of nitrogens with two attached hydrogens (primary N) is 2. The number of carbonyl (C=O) groups is 1. The van der Waals surface area contributed by atoms with Crippen LogP contribution in [-0.4, -0.2) is 27.5 Å². The van der Waals surface area contributed by atoms with Crippen LogP contribution in [0.4, 0.5) is 5.69 Å². The van der Waals surface area contributed by atoms with Gasteiger partial charge in [0.1, 0.15) is 5.75 Å². The highest BCUT2D eigenvalue weighted by molar-refractivity contribution is 7.89. The van der Waals surface area contributed by atoms with Gasteiger partial charge < -0.3 is 15.8 Å². The lowest BCUT2D eigenvalue weighted by atomic mass is 10.0. The molecule has 1 saturated carbocycles. The molecular formula is C13H19N3O4S. The maximum absolute atomic E-state index is 12.2. The molecule has 7 nitrogen and oxygen atoms in total. The Kier molecular flexibility index (Phi) is 4.50. The van der Waals surface area contributed by atoms with Gasteiger partial charge in [-0.15, -0.1) is 0 Å². The largest absolute Gasteiger partial charge is 0.495 e. The molecule has 1 fully saturated rings. The van der Waals surface area contributed by atoms with Crippen molar-refractivity contribution in [3.63, 3.8) is 0 Å². The van der Waals surface area contributed by atoms with Crippen LogP contribution in [0.15, 0.2) is 23.1 Å². The van der Waals surface area contributed by atoms with Gasteiger partial charge >= 0.3 is 0 Å². The summed E-state index contributed by atoms with van der Waals surface area (Å²) in [6, 6.07) is 3.89. The zero-order chi connectivity index (χ0) is 15.6. The average Bonchev–Trinajstić information content (AvgIpc) is 2.84. The van der Waals surface area contributed by atoms with E-state index in [1.165, 1.54) is 25.3 Å². The summed E-state index contributed by atoms with van der Waals surface area (Å²) in [6.45, 7) is 0. The molecule has 0 aliphatic heterocycles. The fourth-order valence-corrected chi connectivity index (χ4v) is 3.04. The van der Waals surface area contributed by atoms with Gasteiger partial charge in [-0.25, -0.2) is 13.6 Å². The van der Waals surface area contributed by atoms with Gasteiger partial charge in [0, 0.05) is 6.04 Å². The number of nitrogens with one attached hydrogen (secondary N) is 1. The van der Waals surface area contributed by atoms with E-state index >= 15 is 0 Å². The predicted molar refractivity (Wildman–Crippen MR) is 78.3 cm³/mol. The Morgan fingerprint density at radius 1 is 1.38 bits per heavy atom. The third kappa shape index (κ3) is 3.52. The normalized spacial score (nSPS) is 22.0. The molecule has 1 aromatic carbocycles. The zero-order valence-electron chi connectivity index (χ0n) is 11.7. The summed E-state index contributed by atoms with van der Waals surface area (Å²) in [6.07, 6.45) is 2.45. The van der Waals surface area contributed by atoms with E-state index in [1.807, 2.05) is 0 Å². The number of hydrogen-bond donors (Lipinski definition) is 3. The number of hydrogen-bond acceptors (Lipinski definition) is 5. The van der Waals surface area contributed by atoms with E-state index in [1.54, 1.807) is 0 Å². The van der Waals surface area contributed by atoms with Crippen molar-refractivity contribution in [3.05, 3.63) is 18.2 Å².